The van der Waals surface area contributed by atoms with Gasteiger partial charge in [-0.3, -0.25) is 0 Å². The third-order valence-electron chi connectivity index (χ3n) is 3.80. The number of nitrogens with one attached hydrogen (secondary N) is 1. The lowest BCUT2D eigenvalue weighted by molar-refractivity contribution is 0.0158. The Balaban J connectivity index is 1.69. The van der Waals surface area contributed by atoms with E-state index in [4.69, 9.17) is 4.74 Å². The topological polar surface area (TPSA) is 74.4 Å². The van der Waals surface area contributed by atoms with Crippen LogP contribution in [0.1, 0.15) is 27.7 Å². The molecule has 0 saturated carbocycles. The highest BCUT2D eigenvalue weighted by Crippen LogP contribution is 2.20. The first-order valence-corrected chi connectivity index (χ1v) is 7.89. The minimum Gasteiger partial charge on any atom is -0.444 e. The van der Waals surface area contributed by atoms with Gasteiger partial charge in [-0.25, -0.2) is 9.78 Å². The van der Waals surface area contributed by atoms with Crippen LogP contribution in [0, 0.1) is 0 Å². The van der Waals surface area contributed by atoms with Gasteiger partial charge >= 0.3 is 6.09 Å². The van der Waals surface area contributed by atoms with Gasteiger partial charge in [0.15, 0.2) is 5.65 Å². The fourth-order valence-electron chi connectivity index (χ4n) is 2.72. The maximum atomic E-state index is 12.3. The highest BCUT2D eigenvalue weighted by atomic mass is 16.6. The molecule has 0 aromatic carbocycles. The summed E-state index contributed by atoms with van der Waals surface area (Å²) < 4.78 is 5.47. The standard InChI is InChI=1S/C16H23N5O2/c1-11-10-20(8-9-21(11)15(22)23-16(2,3)4)14-18-12-6-5-7-17-13(12)19-14/h5-7,11H,8-10H2,1-4H3,(H,17,18,19)/t11-/m1/s1. The average Bonchev–Trinajstić information content (AvgIpc) is 2.89. The molecular weight excluding hydrogens is 294 g/mol. The van der Waals surface area contributed by atoms with E-state index in [0.717, 1.165) is 11.5 Å². The van der Waals surface area contributed by atoms with Crippen molar-refractivity contribution in [2.45, 2.75) is 39.3 Å². The van der Waals surface area contributed by atoms with Crippen molar-refractivity contribution < 1.29 is 9.53 Å². The highest BCUT2D eigenvalue weighted by molar-refractivity contribution is 5.73. The minimum atomic E-state index is -0.474. The van der Waals surface area contributed by atoms with Crippen molar-refractivity contribution in [2.24, 2.45) is 0 Å². The number of pyridine rings is 1. The first-order chi connectivity index (χ1) is 10.8. The van der Waals surface area contributed by atoms with Gasteiger partial charge in [0.1, 0.15) is 5.60 Å². The molecule has 1 aliphatic rings. The largest absolute Gasteiger partial charge is 0.444 e. The molecule has 3 heterocycles. The molecule has 3 rings (SSSR count). The van der Waals surface area contributed by atoms with Gasteiger partial charge in [0.25, 0.3) is 0 Å². The summed E-state index contributed by atoms with van der Waals surface area (Å²) in [5.74, 6) is 0.800. The number of hydrogen-bond donors (Lipinski definition) is 1. The fourth-order valence-corrected chi connectivity index (χ4v) is 2.72. The van der Waals surface area contributed by atoms with Crippen molar-refractivity contribution in [1.82, 2.24) is 19.9 Å². The molecule has 7 heteroatoms. The van der Waals surface area contributed by atoms with E-state index in [1.165, 1.54) is 0 Å². The van der Waals surface area contributed by atoms with Crippen molar-refractivity contribution in [3.8, 4) is 0 Å². The van der Waals surface area contributed by atoms with Crippen molar-refractivity contribution in [2.75, 3.05) is 24.5 Å². The Morgan fingerprint density at radius 2 is 2.17 bits per heavy atom. The van der Waals surface area contributed by atoms with E-state index in [1.807, 2.05) is 39.8 Å². The average molecular weight is 317 g/mol. The predicted octanol–water partition coefficient (Wildman–Crippen LogP) is 2.40. The van der Waals surface area contributed by atoms with Gasteiger partial charge in [0, 0.05) is 31.9 Å². The SMILES string of the molecule is C[C@@H]1CN(c2nc3ncccc3[nH]2)CCN1C(=O)OC(C)(C)C. The molecule has 1 fully saturated rings. The lowest BCUT2D eigenvalue weighted by atomic mass is 10.2. The first-order valence-electron chi connectivity index (χ1n) is 7.89. The number of hydrogen-bond acceptors (Lipinski definition) is 5. The van der Waals surface area contributed by atoms with Crippen molar-refractivity contribution in [3.05, 3.63) is 18.3 Å². The molecule has 23 heavy (non-hydrogen) atoms. The molecule has 0 unspecified atom stereocenters. The fraction of sp³-hybridized carbons (Fsp3) is 0.562. The number of carbonyl (C=O) groups is 1. The zero-order chi connectivity index (χ0) is 16.6. The van der Waals surface area contributed by atoms with Gasteiger partial charge in [-0.1, -0.05) is 0 Å². The Kier molecular flexibility index (Phi) is 3.87. The smallest absolute Gasteiger partial charge is 0.410 e. The van der Waals surface area contributed by atoms with E-state index >= 15 is 0 Å². The van der Waals surface area contributed by atoms with E-state index in [9.17, 15) is 4.79 Å². The number of piperazine rings is 1. The summed E-state index contributed by atoms with van der Waals surface area (Å²) in [6.45, 7) is 9.70. The third kappa shape index (κ3) is 3.38. The molecule has 1 aliphatic heterocycles. The summed E-state index contributed by atoms with van der Waals surface area (Å²) in [6.07, 6.45) is 1.48. The van der Waals surface area contributed by atoms with Crippen LogP contribution in [-0.2, 0) is 4.74 Å². The van der Waals surface area contributed by atoms with Crippen LogP contribution in [0.5, 0.6) is 0 Å². The number of fused-ring (bicyclic) bond motifs is 1. The number of imidazole rings is 1. The van der Waals surface area contributed by atoms with Gasteiger partial charge in [-0.15, -0.1) is 0 Å². The summed E-state index contributed by atoms with van der Waals surface area (Å²) in [5, 5.41) is 0. The molecule has 1 amide bonds. The molecule has 1 N–H and O–H groups in total. The van der Waals surface area contributed by atoms with Crippen LogP contribution in [0.3, 0.4) is 0 Å². The normalized spacial score (nSPS) is 19.2. The number of H-pyrrole nitrogens is 1. The Morgan fingerprint density at radius 3 is 2.83 bits per heavy atom. The van der Waals surface area contributed by atoms with Crippen LogP contribution in [0.4, 0.5) is 10.7 Å². The highest BCUT2D eigenvalue weighted by Gasteiger charge is 2.31. The molecule has 7 nitrogen and oxygen atoms in total. The Hall–Kier alpha value is -2.31. The first kappa shape index (κ1) is 15.6. The predicted molar refractivity (Wildman–Crippen MR) is 88.5 cm³/mol. The van der Waals surface area contributed by atoms with E-state index in [0.29, 0.717) is 25.3 Å². The Bertz CT molecular complexity index is 673. The number of rotatable bonds is 1. The van der Waals surface area contributed by atoms with E-state index in [-0.39, 0.29) is 12.1 Å². The van der Waals surface area contributed by atoms with Gasteiger partial charge < -0.3 is 19.5 Å². The van der Waals surface area contributed by atoms with Gasteiger partial charge in [0.2, 0.25) is 5.95 Å². The van der Waals surface area contributed by atoms with Gasteiger partial charge in [-0.2, -0.15) is 4.98 Å². The van der Waals surface area contributed by atoms with E-state index in [1.54, 1.807) is 11.1 Å². The molecule has 2 aromatic heterocycles. The second kappa shape index (κ2) is 5.72. The summed E-state index contributed by atoms with van der Waals surface area (Å²) in [6, 6.07) is 3.90. The van der Waals surface area contributed by atoms with E-state index < -0.39 is 5.60 Å². The second-order valence-corrected chi connectivity index (χ2v) is 6.90. The number of nitrogens with zero attached hydrogens (tertiary/aromatic N) is 4. The molecule has 0 radical (unpaired) electrons. The minimum absolute atomic E-state index is 0.0553. The Morgan fingerprint density at radius 1 is 1.39 bits per heavy atom. The molecule has 2 aromatic rings. The number of amides is 1. The number of ether oxygens (including phenoxy) is 1. The number of aromatic nitrogens is 3. The van der Waals surface area contributed by atoms with Crippen LogP contribution in [0.25, 0.3) is 11.2 Å². The van der Waals surface area contributed by atoms with Crippen LogP contribution < -0.4 is 4.90 Å². The molecule has 0 aliphatic carbocycles. The summed E-state index contributed by atoms with van der Waals surface area (Å²) in [4.78, 5) is 28.2. The molecule has 1 atom stereocenters. The zero-order valence-electron chi connectivity index (χ0n) is 14.0. The maximum Gasteiger partial charge on any atom is 0.410 e. The summed E-state index contributed by atoms with van der Waals surface area (Å²) in [5.41, 5.74) is 1.16. The van der Waals surface area contributed by atoms with Crippen LogP contribution in [0.15, 0.2) is 18.3 Å². The maximum absolute atomic E-state index is 12.3. The molecule has 1 saturated heterocycles. The number of anilines is 1. The second-order valence-electron chi connectivity index (χ2n) is 6.90. The monoisotopic (exact) mass is 317 g/mol. The lowest BCUT2D eigenvalue weighted by Crippen LogP contribution is -2.55. The van der Waals surface area contributed by atoms with Crippen molar-refractivity contribution >= 4 is 23.2 Å². The summed E-state index contributed by atoms with van der Waals surface area (Å²) >= 11 is 0. The molecular formula is C16H23N5O2. The quantitative estimate of drug-likeness (QED) is 0.874. The van der Waals surface area contributed by atoms with Gasteiger partial charge in [0.05, 0.1) is 5.52 Å². The third-order valence-corrected chi connectivity index (χ3v) is 3.80. The zero-order valence-corrected chi connectivity index (χ0v) is 14.0. The number of aromatic amines is 1. The molecule has 0 bridgehead atoms. The van der Waals surface area contributed by atoms with E-state index in [2.05, 4.69) is 19.9 Å². The lowest BCUT2D eigenvalue weighted by Gasteiger charge is -2.40. The summed E-state index contributed by atoms with van der Waals surface area (Å²) in [7, 11) is 0. The van der Waals surface area contributed by atoms with Crippen LogP contribution in [0.2, 0.25) is 0 Å². The van der Waals surface area contributed by atoms with Crippen LogP contribution in [-0.4, -0.2) is 57.2 Å². The Labute approximate surface area is 135 Å². The molecule has 0 spiro atoms. The van der Waals surface area contributed by atoms with Crippen molar-refractivity contribution in [3.63, 3.8) is 0 Å². The van der Waals surface area contributed by atoms with Crippen molar-refractivity contribution in [1.29, 1.82) is 0 Å². The molecule has 124 valence electrons. The van der Waals surface area contributed by atoms with Gasteiger partial charge in [-0.05, 0) is 39.8 Å². The number of carbonyl (C=O) groups excluding carboxylic acids is 1. The van der Waals surface area contributed by atoms with Crippen LogP contribution >= 0.6 is 0 Å².